The molecule has 2 aliphatic rings. The number of nitrogens with zero attached hydrogens (tertiary/aromatic N) is 1. The molecule has 116 valence electrons. The fourth-order valence-electron chi connectivity index (χ4n) is 4.83. The molecule has 22 heavy (non-hydrogen) atoms. The third kappa shape index (κ3) is 2.10. The summed E-state index contributed by atoms with van der Waals surface area (Å²) in [6, 6.07) is 9.16. The fraction of sp³-hybridized carbons (Fsp3) is 0.526. The molecule has 2 bridgehead atoms. The van der Waals surface area contributed by atoms with Crippen molar-refractivity contribution in [2.75, 3.05) is 14.1 Å². The molecule has 2 saturated carbocycles. The molecule has 3 heteroatoms. The maximum atomic E-state index is 12.7. The molecule has 0 spiro atoms. The van der Waals surface area contributed by atoms with Crippen LogP contribution >= 0.6 is 11.3 Å². The maximum absolute atomic E-state index is 12.7. The van der Waals surface area contributed by atoms with Crippen LogP contribution in [0, 0.1) is 24.7 Å². The minimum Gasteiger partial charge on any atom is -0.349 e. The van der Waals surface area contributed by atoms with Crippen molar-refractivity contribution in [3.8, 4) is 0 Å². The van der Waals surface area contributed by atoms with Gasteiger partial charge in [-0.05, 0) is 73.1 Å². The first kappa shape index (κ1) is 14.3. The average Bonchev–Trinajstić information content (AvgIpc) is 3.17. The predicted octanol–water partition coefficient (Wildman–Crippen LogP) is 4.43. The van der Waals surface area contributed by atoms with Crippen LogP contribution in [0.15, 0.2) is 24.3 Å². The van der Waals surface area contributed by atoms with E-state index in [9.17, 15) is 4.79 Å². The van der Waals surface area contributed by atoms with Gasteiger partial charge in [0.2, 0.25) is 5.91 Å². The largest absolute Gasteiger partial charge is 0.349 e. The van der Waals surface area contributed by atoms with Crippen molar-refractivity contribution >= 4 is 27.3 Å². The topological polar surface area (TPSA) is 20.3 Å². The molecule has 2 aliphatic carbocycles. The molecule has 0 N–H and O–H groups in total. The van der Waals surface area contributed by atoms with E-state index in [2.05, 4.69) is 31.2 Å². The van der Waals surface area contributed by atoms with Crippen molar-refractivity contribution in [3.63, 3.8) is 0 Å². The standard InChI is InChI=1S/C19H23NOS/c1-11-8-15-10-13(6-7-16(15)22-11)17-12-4-5-14(9-12)18(17)19(21)20(2)3/h6-8,10,12,14,17-18H,4-5,9H2,1-3H3. The third-order valence-electron chi connectivity index (χ3n) is 5.69. The van der Waals surface area contributed by atoms with Crippen LogP contribution in [0.5, 0.6) is 0 Å². The minimum absolute atomic E-state index is 0.200. The number of rotatable bonds is 2. The number of thiophene rings is 1. The summed E-state index contributed by atoms with van der Waals surface area (Å²) in [6.45, 7) is 2.17. The number of fused-ring (bicyclic) bond motifs is 3. The number of carbonyl (C=O) groups excluding carboxylic acids is 1. The van der Waals surface area contributed by atoms with E-state index in [-0.39, 0.29) is 5.92 Å². The van der Waals surface area contributed by atoms with Gasteiger partial charge >= 0.3 is 0 Å². The molecule has 1 amide bonds. The Morgan fingerprint density at radius 1 is 1.18 bits per heavy atom. The molecule has 0 radical (unpaired) electrons. The summed E-state index contributed by atoms with van der Waals surface area (Å²) in [7, 11) is 3.80. The summed E-state index contributed by atoms with van der Waals surface area (Å²) in [5.41, 5.74) is 1.39. The van der Waals surface area contributed by atoms with Gasteiger partial charge in [-0.3, -0.25) is 4.79 Å². The highest BCUT2D eigenvalue weighted by atomic mass is 32.1. The number of hydrogen-bond acceptors (Lipinski definition) is 2. The van der Waals surface area contributed by atoms with E-state index in [0.29, 0.717) is 23.7 Å². The van der Waals surface area contributed by atoms with Crippen LogP contribution < -0.4 is 0 Å². The zero-order valence-corrected chi connectivity index (χ0v) is 14.3. The molecule has 1 heterocycles. The number of amides is 1. The average molecular weight is 313 g/mol. The smallest absolute Gasteiger partial charge is 0.226 e. The Hall–Kier alpha value is -1.35. The van der Waals surface area contributed by atoms with E-state index in [1.807, 2.05) is 25.4 Å². The molecule has 4 rings (SSSR count). The lowest BCUT2D eigenvalue weighted by molar-refractivity contribution is -0.135. The molecule has 2 nitrogen and oxygen atoms in total. The molecular formula is C19H23NOS. The number of aryl methyl sites for hydroxylation is 1. The molecule has 2 aromatic rings. The van der Waals surface area contributed by atoms with Crippen LogP contribution in [-0.2, 0) is 4.79 Å². The second-order valence-electron chi connectivity index (χ2n) is 7.27. The maximum Gasteiger partial charge on any atom is 0.226 e. The van der Waals surface area contributed by atoms with E-state index in [1.165, 1.54) is 39.8 Å². The Bertz CT molecular complexity index is 732. The third-order valence-corrected chi connectivity index (χ3v) is 6.72. The fourth-order valence-corrected chi connectivity index (χ4v) is 5.73. The summed E-state index contributed by atoms with van der Waals surface area (Å²) >= 11 is 1.86. The van der Waals surface area contributed by atoms with Crippen molar-refractivity contribution < 1.29 is 4.79 Å². The molecule has 4 unspecified atom stereocenters. The number of benzene rings is 1. The van der Waals surface area contributed by atoms with Gasteiger partial charge < -0.3 is 4.90 Å². The summed E-state index contributed by atoms with van der Waals surface area (Å²) in [6.07, 6.45) is 3.79. The highest BCUT2D eigenvalue weighted by Crippen LogP contribution is 2.57. The summed E-state index contributed by atoms with van der Waals surface area (Å²) in [4.78, 5) is 15.9. The van der Waals surface area contributed by atoms with Crippen molar-refractivity contribution in [1.29, 1.82) is 0 Å². The Balaban J connectivity index is 1.75. The second-order valence-corrected chi connectivity index (χ2v) is 8.56. The summed E-state index contributed by atoms with van der Waals surface area (Å²) in [5.74, 6) is 2.27. The van der Waals surface area contributed by atoms with Crippen LogP contribution in [0.4, 0.5) is 0 Å². The van der Waals surface area contributed by atoms with Crippen LogP contribution in [-0.4, -0.2) is 24.9 Å². The van der Waals surface area contributed by atoms with Crippen LogP contribution in [0.25, 0.3) is 10.1 Å². The number of carbonyl (C=O) groups is 1. The van der Waals surface area contributed by atoms with Gasteiger partial charge in [-0.25, -0.2) is 0 Å². The lowest BCUT2D eigenvalue weighted by Gasteiger charge is -2.32. The van der Waals surface area contributed by atoms with Gasteiger partial charge in [0.25, 0.3) is 0 Å². The second kappa shape index (κ2) is 5.09. The monoisotopic (exact) mass is 313 g/mol. The first-order valence-electron chi connectivity index (χ1n) is 8.26. The quantitative estimate of drug-likeness (QED) is 0.803. The van der Waals surface area contributed by atoms with Gasteiger partial charge in [0.1, 0.15) is 0 Å². The van der Waals surface area contributed by atoms with E-state index in [0.717, 1.165) is 0 Å². The van der Waals surface area contributed by atoms with Crippen LogP contribution in [0.3, 0.4) is 0 Å². The minimum atomic E-state index is 0.200. The van der Waals surface area contributed by atoms with E-state index >= 15 is 0 Å². The molecule has 0 aliphatic heterocycles. The van der Waals surface area contributed by atoms with Crippen molar-refractivity contribution in [3.05, 3.63) is 34.7 Å². The Morgan fingerprint density at radius 2 is 1.95 bits per heavy atom. The molecule has 4 atom stereocenters. The Morgan fingerprint density at radius 3 is 2.73 bits per heavy atom. The molecule has 1 aromatic heterocycles. The number of hydrogen-bond donors (Lipinski definition) is 0. The lowest BCUT2D eigenvalue weighted by atomic mass is 9.74. The normalized spacial score (nSPS) is 30.1. The van der Waals surface area contributed by atoms with E-state index in [4.69, 9.17) is 0 Å². The molecule has 2 fully saturated rings. The highest BCUT2D eigenvalue weighted by Gasteiger charge is 2.51. The predicted molar refractivity (Wildman–Crippen MR) is 92.3 cm³/mol. The molecular weight excluding hydrogens is 290 g/mol. The highest BCUT2D eigenvalue weighted by molar-refractivity contribution is 7.19. The first-order valence-corrected chi connectivity index (χ1v) is 9.07. The van der Waals surface area contributed by atoms with Gasteiger partial charge in [-0.1, -0.05) is 6.07 Å². The van der Waals surface area contributed by atoms with Gasteiger partial charge in [0.05, 0.1) is 0 Å². The van der Waals surface area contributed by atoms with E-state index < -0.39 is 0 Å². The Labute approximate surface area is 136 Å². The van der Waals surface area contributed by atoms with Gasteiger partial charge in [0, 0.05) is 29.6 Å². The van der Waals surface area contributed by atoms with Crippen molar-refractivity contribution in [2.24, 2.45) is 17.8 Å². The van der Waals surface area contributed by atoms with Crippen molar-refractivity contribution in [1.82, 2.24) is 4.90 Å². The summed E-state index contributed by atoms with van der Waals surface area (Å²) < 4.78 is 1.36. The van der Waals surface area contributed by atoms with Crippen LogP contribution in [0.2, 0.25) is 0 Å². The molecule has 0 saturated heterocycles. The van der Waals surface area contributed by atoms with Gasteiger partial charge in [-0.15, -0.1) is 11.3 Å². The summed E-state index contributed by atoms with van der Waals surface area (Å²) in [5, 5.41) is 1.35. The lowest BCUT2D eigenvalue weighted by Crippen LogP contribution is -2.36. The zero-order valence-electron chi connectivity index (χ0n) is 13.5. The molecule has 1 aromatic carbocycles. The van der Waals surface area contributed by atoms with Crippen molar-refractivity contribution in [2.45, 2.75) is 32.1 Å². The Kier molecular flexibility index (Phi) is 3.30. The van der Waals surface area contributed by atoms with Gasteiger partial charge in [0.15, 0.2) is 0 Å². The van der Waals surface area contributed by atoms with Crippen LogP contribution in [0.1, 0.15) is 35.6 Å². The van der Waals surface area contributed by atoms with Gasteiger partial charge in [-0.2, -0.15) is 0 Å². The SMILES string of the molecule is Cc1cc2cc(C3C4CCC(C4)C3C(=O)N(C)C)ccc2s1. The van der Waals surface area contributed by atoms with E-state index in [1.54, 1.807) is 4.90 Å². The zero-order chi connectivity index (χ0) is 15.4. The first-order chi connectivity index (χ1) is 10.5.